The van der Waals surface area contributed by atoms with Gasteiger partial charge in [0.1, 0.15) is 6.29 Å². The Hall–Kier alpha value is -0.590. The molecule has 0 heterocycles. The molecule has 0 N–H and O–H groups in total. The van der Waals surface area contributed by atoms with Crippen LogP contribution in [0.4, 0.5) is 0 Å². The number of rotatable bonds is 2. The Morgan fingerprint density at radius 3 is 2.83 bits per heavy atom. The Kier molecular flexibility index (Phi) is 1.64. The fourth-order valence-corrected chi connectivity index (χ4v) is 2.77. The highest BCUT2D eigenvalue weighted by atomic mass is 16.1. The molecule has 0 aromatic carbocycles. The number of aldehydes is 1. The van der Waals surface area contributed by atoms with Crippen molar-refractivity contribution in [3.8, 4) is 0 Å². The Balaban J connectivity index is 2.27. The maximum Gasteiger partial charge on any atom is 0.124 e. The Morgan fingerprint density at radius 2 is 2.33 bits per heavy atom. The molecule has 66 valence electrons. The van der Waals surface area contributed by atoms with Crippen molar-refractivity contribution in [3.63, 3.8) is 0 Å². The highest BCUT2D eigenvalue weighted by Gasteiger charge is 2.46. The van der Waals surface area contributed by atoms with E-state index in [0.29, 0.717) is 11.8 Å². The van der Waals surface area contributed by atoms with Crippen LogP contribution in [0.1, 0.15) is 39.5 Å². The highest BCUT2D eigenvalue weighted by Crippen LogP contribution is 2.58. The molecule has 0 aliphatic heterocycles. The zero-order chi connectivity index (χ0) is 8.77. The molecule has 0 aromatic rings. The van der Waals surface area contributed by atoms with E-state index in [9.17, 15) is 4.79 Å². The summed E-state index contributed by atoms with van der Waals surface area (Å²) in [6.07, 6.45) is 5.50. The summed E-state index contributed by atoms with van der Waals surface area (Å²) in [5.74, 6) is 0.905. The van der Waals surface area contributed by atoms with Crippen LogP contribution in [0.25, 0.3) is 0 Å². The van der Waals surface area contributed by atoms with Gasteiger partial charge in [0.05, 0.1) is 0 Å². The molecule has 1 atom stereocenters. The molecule has 3 aliphatic rings. The monoisotopic (exact) mass is 164 g/mol. The topological polar surface area (TPSA) is 17.1 Å². The van der Waals surface area contributed by atoms with Crippen LogP contribution in [-0.4, -0.2) is 6.29 Å². The summed E-state index contributed by atoms with van der Waals surface area (Å²) in [6.45, 7) is 4.64. The molecule has 12 heavy (non-hydrogen) atoms. The maximum absolute atomic E-state index is 10.4. The number of hydrogen-bond acceptors (Lipinski definition) is 1. The summed E-state index contributed by atoms with van der Waals surface area (Å²) in [4.78, 5) is 10.4. The van der Waals surface area contributed by atoms with Crippen molar-refractivity contribution in [2.24, 2.45) is 11.3 Å². The molecule has 0 radical (unpaired) electrons. The van der Waals surface area contributed by atoms with Gasteiger partial charge in [-0.05, 0) is 30.6 Å². The summed E-state index contributed by atoms with van der Waals surface area (Å²) in [5, 5.41) is 0. The second kappa shape index (κ2) is 2.45. The molecule has 0 amide bonds. The predicted molar refractivity (Wildman–Crippen MR) is 48.8 cm³/mol. The number of allylic oxidation sites excluding steroid dienone is 2. The number of hydrogen-bond donors (Lipinski definition) is 0. The standard InChI is InChI=1S/C11H16O/c1-11(2)9-4-3-8(5-6-12)10(11)7-9/h6,9H,3-5,7H2,1-2H3. The minimum absolute atomic E-state index is 0.427. The van der Waals surface area contributed by atoms with Crippen LogP contribution in [0.5, 0.6) is 0 Å². The molecule has 1 nitrogen and oxygen atoms in total. The van der Waals surface area contributed by atoms with E-state index in [4.69, 9.17) is 0 Å². The van der Waals surface area contributed by atoms with Crippen LogP contribution in [0.3, 0.4) is 0 Å². The summed E-state index contributed by atoms with van der Waals surface area (Å²) in [6, 6.07) is 0. The van der Waals surface area contributed by atoms with E-state index in [-0.39, 0.29) is 0 Å². The van der Waals surface area contributed by atoms with Gasteiger partial charge in [0.2, 0.25) is 0 Å². The van der Waals surface area contributed by atoms with Crippen molar-refractivity contribution >= 4 is 6.29 Å². The zero-order valence-corrected chi connectivity index (χ0v) is 7.89. The molecule has 1 fully saturated rings. The Labute approximate surface area is 73.8 Å². The van der Waals surface area contributed by atoms with Crippen LogP contribution in [0.15, 0.2) is 11.1 Å². The van der Waals surface area contributed by atoms with Gasteiger partial charge in [-0.15, -0.1) is 0 Å². The van der Waals surface area contributed by atoms with Crippen molar-refractivity contribution in [2.75, 3.05) is 0 Å². The molecule has 2 bridgehead atoms. The van der Waals surface area contributed by atoms with Crippen molar-refractivity contribution in [3.05, 3.63) is 11.1 Å². The predicted octanol–water partition coefficient (Wildman–Crippen LogP) is 2.71. The first-order valence-corrected chi connectivity index (χ1v) is 4.81. The van der Waals surface area contributed by atoms with Crippen LogP contribution < -0.4 is 0 Å². The van der Waals surface area contributed by atoms with E-state index in [1.54, 1.807) is 5.57 Å². The first-order chi connectivity index (χ1) is 5.66. The average Bonchev–Trinajstić information content (AvgIpc) is 2.05. The van der Waals surface area contributed by atoms with Crippen molar-refractivity contribution < 1.29 is 4.79 Å². The Bertz CT molecular complexity index is 248. The van der Waals surface area contributed by atoms with E-state index < -0.39 is 0 Å². The molecular weight excluding hydrogens is 148 g/mol. The molecule has 0 spiro atoms. The molecule has 3 rings (SSSR count). The number of fused-ring (bicyclic) bond motifs is 2. The van der Waals surface area contributed by atoms with Gasteiger partial charge >= 0.3 is 0 Å². The first-order valence-electron chi connectivity index (χ1n) is 4.81. The third kappa shape index (κ3) is 0.886. The molecule has 1 heteroatoms. The fraction of sp³-hybridized carbons (Fsp3) is 0.727. The smallest absolute Gasteiger partial charge is 0.124 e. The maximum atomic E-state index is 10.4. The third-order valence-electron chi connectivity index (χ3n) is 3.80. The number of carbonyl (C=O) groups is 1. The summed E-state index contributed by atoms with van der Waals surface area (Å²) >= 11 is 0. The lowest BCUT2D eigenvalue weighted by Crippen LogP contribution is -2.41. The summed E-state index contributed by atoms with van der Waals surface area (Å²) in [5.41, 5.74) is 3.46. The quantitative estimate of drug-likeness (QED) is 0.453. The molecule has 0 saturated heterocycles. The molecule has 1 saturated carbocycles. The van der Waals surface area contributed by atoms with E-state index in [1.807, 2.05) is 0 Å². The zero-order valence-electron chi connectivity index (χ0n) is 7.89. The minimum atomic E-state index is 0.427. The van der Waals surface area contributed by atoms with Gasteiger partial charge in [0.15, 0.2) is 0 Å². The molecule has 1 unspecified atom stereocenters. The van der Waals surface area contributed by atoms with Gasteiger partial charge in [-0.3, -0.25) is 0 Å². The van der Waals surface area contributed by atoms with Crippen LogP contribution >= 0.6 is 0 Å². The Morgan fingerprint density at radius 1 is 1.58 bits per heavy atom. The summed E-state index contributed by atoms with van der Waals surface area (Å²) in [7, 11) is 0. The van der Waals surface area contributed by atoms with Gasteiger partial charge in [0.25, 0.3) is 0 Å². The van der Waals surface area contributed by atoms with Crippen LogP contribution in [0, 0.1) is 11.3 Å². The van der Waals surface area contributed by atoms with E-state index >= 15 is 0 Å². The van der Waals surface area contributed by atoms with Crippen molar-refractivity contribution in [1.82, 2.24) is 0 Å². The van der Waals surface area contributed by atoms with Gasteiger partial charge < -0.3 is 4.79 Å². The van der Waals surface area contributed by atoms with Crippen molar-refractivity contribution in [1.29, 1.82) is 0 Å². The summed E-state index contributed by atoms with van der Waals surface area (Å²) < 4.78 is 0. The number of carbonyl (C=O) groups excluding carboxylic acids is 1. The average molecular weight is 164 g/mol. The molecule has 3 aliphatic carbocycles. The molecular formula is C11H16O. The second-order valence-electron chi connectivity index (χ2n) is 4.61. The SMILES string of the molecule is CC1(C)C2=C(CC=O)CCC1C2. The first kappa shape index (κ1) is 8.03. The van der Waals surface area contributed by atoms with Crippen LogP contribution in [0.2, 0.25) is 0 Å². The van der Waals surface area contributed by atoms with Gasteiger partial charge in [-0.25, -0.2) is 0 Å². The largest absolute Gasteiger partial charge is 0.303 e. The lowest BCUT2D eigenvalue weighted by molar-refractivity contribution is -0.107. The van der Waals surface area contributed by atoms with Gasteiger partial charge in [-0.1, -0.05) is 25.0 Å². The third-order valence-corrected chi connectivity index (χ3v) is 3.80. The lowest BCUT2D eigenvalue weighted by Gasteiger charge is -2.53. The van der Waals surface area contributed by atoms with Crippen molar-refractivity contribution in [2.45, 2.75) is 39.5 Å². The minimum Gasteiger partial charge on any atom is -0.303 e. The second-order valence-corrected chi connectivity index (χ2v) is 4.61. The van der Waals surface area contributed by atoms with Gasteiger partial charge in [0, 0.05) is 6.42 Å². The fourth-order valence-electron chi connectivity index (χ4n) is 2.77. The van der Waals surface area contributed by atoms with Crippen LogP contribution in [-0.2, 0) is 4.79 Å². The lowest BCUT2D eigenvalue weighted by atomic mass is 9.52. The molecule has 0 aromatic heterocycles. The highest BCUT2D eigenvalue weighted by molar-refractivity contribution is 5.56. The normalized spacial score (nSPS) is 31.3. The van der Waals surface area contributed by atoms with E-state index in [2.05, 4.69) is 13.8 Å². The van der Waals surface area contributed by atoms with E-state index in [0.717, 1.165) is 12.2 Å². The van der Waals surface area contributed by atoms with Gasteiger partial charge in [-0.2, -0.15) is 0 Å². The van der Waals surface area contributed by atoms with E-state index in [1.165, 1.54) is 24.8 Å².